The molecule has 16 heavy (non-hydrogen) atoms. The van der Waals surface area contributed by atoms with E-state index in [0.717, 1.165) is 0 Å². The van der Waals surface area contributed by atoms with Crippen molar-refractivity contribution in [3.8, 4) is 0 Å². The zero-order valence-electron chi connectivity index (χ0n) is 13.5. The minimum atomic E-state index is 0. The van der Waals surface area contributed by atoms with Crippen LogP contribution < -0.4 is 0 Å². The minimum Gasteiger partial charge on any atom is -0.0776 e. The van der Waals surface area contributed by atoms with E-state index < -0.39 is 0 Å². The van der Waals surface area contributed by atoms with Crippen molar-refractivity contribution >= 4 is 0 Å². The van der Waals surface area contributed by atoms with Crippen LogP contribution in [0.25, 0.3) is 0 Å². The third-order valence-electron chi connectivity index (χ3n) is 0. The molecule has 0 saturated carbocycles. The Morgan fingerprint density at radius 1 is 0.312 bits per heavy atom. The first-order valence-corrected chi connectivity index (χ1v) is 7.07. The Kier molecular flexibility index (Phi) is 265. The molecule has 0 fully saturated rings. The van der Waals surface area contributed by atoms with Crippen LogP contribution in [0.3, 0.4) is 0 Å². The highest BCUT2D eigenvalue weighted by Crippen LogP contribution is 1.57. The normalized spacial score (nSPS) is 5.62. The van der Waals surface area contributed by atoms with Gasteiger partial charge in [0.15, 0.2) is 0 Å². The summed E-state index contributed by atoms with van der Waals surface area (Å²) < 4.78 is 0. The highest BCUT2D eigenvalue weighted by Gasteiger charge is 1.36. The summed E-state index contributed by atoms with van der Waals surface area (Å²) in [7, 11) is 0. The fourth-order valence-corrected chi connectivity index (χ4v) is 0. The molecule has 0 nitrogen and oxygen atoms in total. The first-order chi connectivity index (χ1) is 7.07. The standard InChI is InChI=1S/5C3H8.CH4/c5*1-3-2;/h5*3H2,1-2H3;1H4. The molecule has 0 aromatic rings. The van der Waals surface area contributed by atoms with Crippen molar-refractivity contribution in [2.75, 3.05) is 0 Å². The Morgan fingerprint density at radius 2 is 0.312 bits per heavy atom. The zero-order chi connectivity index (χ0) is 13.5. The number of hydrogen-bond donors (Lipinski definition) is 0. The van der Waals surface area contributed by atoms with E-state index >= 15 is 0 Å². The van der Waals surface area contributed by atoms with Crippen LogP contribution in [0.15, 0.2) is 0 Å². The van der Waals surface area contributed by atoms with E-state index in [1.807, 2.05) is 0 Å². The lowest BCUT2D eigenvalue weighted by Gasteiger charge is -1.48. The monoisotopic (exact) mass is 236 g/mol. The summed E-state index contributed by atoms with van der Waals surface area (Å²) in [6.45, 7) is 21.2. The maximum atomic E-state index is 2.12. The van der Waals surface area contributed by atoms with Crippen LogP contribution in [-0.4, -0.2) is 0 Å². The predicted molar refractivity (Wildman–Crippen MR) is 86.6 cm³/mol. The Labute approximate surface area is 109 Å². The topological polar surface area (TPSA) is 0 Å². The molecule has 0 saturated heterocycles. The molecule has 0 unspecified atom stereocenters. The molecule has 0 bridgehead atoms. The number of hydrogen-bond acceptors (Lipinski definition) is 0. The van der Waals surface area contributed by atoms with Crippen molar-refractivity contribution in [3.05, 3.63) is 0 Å². The van der Waals surface area contributed by atoms with Crippen LogP contribution in [-0.2, 0) is 0 Å². The van der Waals surface area contributed by atoms with Crippen LogP contribution >= 0.6 is 0 Å². The van der Waals surface area contributed by atoms with Gasteiger partial charge < -0.3 is 0 Å². The van der Waals surface area contributed by atoms with Gasteiger partial charge in [0, 0.05) is 0 Å². The second-order valence-corrected chi connectivity index (χ2v) is 3.54. The second kappa shape index (κ2) is 118. The van der Waals surface area contributed by atoms with Crippen LogP contribution in [0.2, 0.25) is 0 Å². The first-order valence-electron chi connectivity index (χ1n) is 7.07. The maximum Gasteiger partial charge on any atom is -0.0590 e. The summed E-state index contributed by atoms with van der Waals surface area (Å²) in [5, 5.41) is 0. The zero-order valence-corrected chi connectivity index (χ0v) is 13.5. The van der Waals surface area contributed by atoms with E-state index in [-0.39, 0.29) is 7.43 Å². The molecule has 0 atom stereocenters. The molecule has 0 rings (SSSR count). The van der Waals surface area contributed by atoms with Crippen molar-refractivity contribution in [3.63, 3.8) is 0 Å². The van der Waals surface area contributed by atoms with Crippen LogP contribution in [0, 0.1) is 0 Å². The van der Waals surface area contributed by atoms with Gasteiger partial charge in [-0.15, -0.1) is 0 Å². The van der Waals surface area contributed by atoms with Gasteiger partial charge in [-0.05, 0) is 0 Å². The average molecular weight is 237 g/mol. The van der Waals surface area contributed by atoms with Gasteiger partial charge in [0.05, 0.1) is 0 Å². The van der Waals surface area contributed by atoms with Gasteiger partial charge >= 0.3 is 0 Å². The molecular formula is C16H44. The Bertz CT molecular complexity index is 11.6. The van der Waals surface area contributed by atoms with Crippen molar-refractivity contribution < 1.29 is 0 Å². The van der Waals surface area contributed by atoms with E-state index in [1.54, 1.807) is 0 Å². The number of rotatable bonds is 0. The lowest BCUT2D eigenvalue weighted by molar-refractivity contribution is 1.09. The lowest BCUT2D eigenvalue weighted by atomic mass is 10.6. The van der Waals surface area contributed by atoms with Crippen LogP contribution in [0.4, 0.5) is 0 Å². The Hall–Kier alpha value is 0. The fourth-order valence-electron chi connectivity index (χ4n) is 0. The Balaban J connectivity index is -0.0000000192. The molecule has 0 heterocycles. The summed E-state index contributed by atoms with van der Waals surface area (Å²) in [6.07, 6.45) is 6.25. The summed E-state index contributed by atoms with van der Waals surface area (Å²) in [4.78, 5) is 0. The summed E-state index contributed by atoms with van der Waals surface area (Å²) in [5.41, 5.74) is 0. The average Bonchev–Trinajstić information content (AvgIpc) is 2.09. The highest BCUT2D eigenvalue weighted by molar-refractivity contribution is 3.93. The maximum absolute atomic E-state index is 2.12. The molecule has 0 aliphatic heterocycles. The van der Waals surface area contributed by atoms with Gasteiger partial charge in [-0.2, -0.15) is 0 Å². The van der Waals surface area contributed by atoms with Gasteiger partial charge in [0.2, 0.25) is 0 Å². The van der Waals surface area contributed by atoms with Gasteiger partial charge in [0.1, 0.15) is 0 Å². The molecule has 0 N–H and O–H groups in total. The minimum absolute atomic E-state index is 0. The van der Waals surface area contributed by atoms with E-state index in [0.29, 0.717) is 0 Å². The lowest BCUT2D eigenvalue weighted by Crippen LogP contribution is -1.27. The molecule has 0 heteroatoms. The van der Waals surface area contributed by atoms with E-state index in [4.69, 9.17) is 0 Å². The molecule has 0 spiro atoms. The van der Waals surface area contributed by atoms with E-state index in [1.165, 1.54) is 32.1 Å². The molecule has 0 amide bonds. The van der Waals surface area contributed by atoms with Gasteiger partial charge in [0.25, 0.3) is 0 Å². The molecule has 0 aromatic heterocycles. The molecular weight excluding hydrogens is 192 g/mol. The van der Waals surface area contributed by atoms with Gasteiger partial charge in [-0.3, -0.25) is 0 Å². The highest BCUT2D eigenvalue weighted by atomic mass is 13.4. The smallest absolute Gasteiger partial charge is 0.0590 e. The second-order valence-electron chi connectivity index (χ2n) is 3.54. The third kappa shape index (κ3) is 0. The summed E-state index contributed by atoms with van der Waals surface area (Å²) >= 11 is 0. The third-order valence-corrected chi connectivity index (χ3v) is 0. The van der Waals surface area contributed by atoms with Crippen LogP contribution in [0.5, 0.6) is 0 Å². The van der Waals surface area contributed by atoms with E-state index in [2.05, 4.69) is 69.2 Å². The summed E-state index contributed by atoms with van der Waals surface area (Å²) in [5.74, 6) is 0. The first kappa shape index (κ1) is 36.0. The van der Waals surface area contributed by atoms with Gasteiger partial charge in [-0.1, -0.05) is 109 Å². The van der Waals surface area contributed by atoms with Gasteiger partial charge in [-0.25, -0.2) is 0 Å². The quantitative estimate of drug-likeness (QED) is 0.404. The largest absolute Gasteiger partial charge is 0.0776 e. The molecule has 0 radical (unpaired) electrons. The van der Waals surface area contributed by atoms with Crippen molar-refractivity contribution in [1.29, 1.82) is 0 Å². The van der Waals surface area contributed by atoms with Crippen molar-refractivity contribution in [1.82, 2.24) is 0 Å². The fraction of sp³-hybridized carbons (Fsp3) is 1.00. The Morgan fingerprint density at radius 3 is 0.312 bits per heavy atom. The SMILES string of the molecule is C.CCC.CCC.CCC.CCC.CCC. The molecule has 0 aliphatic carbocycles. The van der Waals surface area contributed by atoms with Crippen molar-refractivity contribution in [2.45, 2.75) is 109 Å². The predicted octanol–water partition coefficient (Wildman–Crippen LogP) is 7.72. The van der Waals surface area contributed by atoms with Crippen LogP contribution in [0.1, 0.15) is 109 Å². The van der Waals surface area contributed by atoms with E-state index in [9.17, 15) is 0 Å². The molecule has 108 valence electrons. The molecule has 0 aliphatic rings. The summed E-state index contributed by atoms with van der Waals surface area (Å²) in [6, 6.07) is 0. The van der Waals surface area contributed by atoms with Crippen molar-refractivity contribution in [2.24, 2.45) is 0 Å². The molecule has 0 aromatic carbocycles.